The number of para-hydroxylation sites is 2. The Morgan fingerprint density at radius 2 is 0.902 bits per heavy atom. The van der Waals surface area contributed by atoms with Crippen LogP contribution in [0.4, 0.5) is 16.8 Å². The number of halogens is 4. The molecule has 0 saturated carbocycles. The van der Waals surface area contributed by atoms with Gasteiger partial charge in [-0.2, -0.15) is 0 Å². The molecule has 0 spiro atoms. The third kappa shape index (κ3) is 7.94. The Bertz CT molecular complexity index is 1730. The Morgan fingerprint density at radius 3 is 1.22 bits per heavy atom. The van der Waals surface area contributed by atoms with E-state index in [1.165, 1.54) is 43.6 Å². The van der Waals surface area contributed by atoms with Crippen LogP contribution in [0.5, 0.6) is 0 Å². The van der Waals surface area contributed by atoms with Gasteiger partial charge in [-0.25, -0.2) is 0 Å². The molecule has 0 amide bonds. The maximum Gasteiger partial charge on any atom is 1.00 e. The van der Waals surface area contributed by atoms with Crippen molar-refractivity contribution in [3.8, 4) is 11.8 Å². The van der Waals surface area contributed by atoms with Crippen molar-refractivity contribution in [1.82, 2.24) is 9.13 Å². The number of fused-ring (bicyclic) bond motifs is 6. The minimum atomic E-state index is -3.64. The second kappa shape index (κ2) is 15.8. The normalized spacial score (nSPS) is 10.3. The maximum atomic E-state index is 10.9. The van der Waals surface area contributed by atoms with Gasteiger partial charge in [0.05, 0.1) is 0 Å². The van der Waals surface area contributed by atoms with E-state index < -0.39 is 23.0 Å². The first-order valence-corrected chi connectivity index (χ1v) is 14.8. The van der Waals surface area contributed by atoms with Crippen molar-refractivity contribution in [2.75, 3.05) is 5.90 Å². The van der Waals surface area contributed by atoms with E-state index in [0.717, 1.165) is 11.1 Å². The SMILES string of the molecule is F[PH+](F)C[PH+](F)F.[Au+].[Au+].[C-]#Cc1ccc2c(c1)c1ccccc1n2C.[C-]#Cc1ccc2c(c1)c1ccccc1n2C. The Labute approximate surface area is 270 Å². The third-order valence-electron chi connectivity index (χ3n) is 6.38. The molecule has 0 aliphatic carbocycles. The van der Waals surface area contributed by atoms with E-state index >= 15 is 0 Å². The van der Waals surface area contributed by atoms with Crippen molar-refractivity contribution in [1.29, 1.82) is 0 Å². The number of aromatic nitrogens is 2. The van der Waals surface area contributed by atoms with E-state index in [4.69, 9.17) is 12.8 Å². The summed E-state index contributed by atoms with van der Waals surface area (Å²) >= 11 is 0. The summed E-state index contributed by atoms with van der Waals surface area (Å²) in [6.45, 7) is 0. The second-order valence-electron chi connectivity index (χ2n) is 8.72. The molecule has 0 unspecified atom stereocenters. The number of rotatable bonds is 2. The van der Waals surface area contributed by atoms with E-state index in [-0.39, 0.29) is 44.8 Å². The fourth-order valence-electron chi connectivity index (χ4n) is 4.59. The second-order valence-corrected chi connectivity index (χ2v) is 11.5. The number of aryl methyl sites for hydroxylation is 2. The van der Waals surface area contributed by atoms with Gasteiger partial charge in [-0.3, -0.25) is 11.8 Å². The van der Waals surface area contributed by atoms with Crippen LogP contribution in [0.1, 0.15) is 11.1 Å². The van der Waals surface area contributed by atoms with Gasteiger partial charge < -0.3 is 22.0 Å². The van der Waals surface area contributed by atoms with Gasteiger partial charge in [0.1, 0.15) is 0 Å². The Morgan fingerprint density at radius 1 is 0.561 bits per heavy atom. The molecular formula is C31H24Au2F4N2P2+2. The van der Waals surface area contributed by atoms with Crippen LogP contribution in [0.25, 0.3) is 43.6 Å². The maximum absolute atomic E-state index is 10.9. The fourth-order valence-corrected chi connectivity index (χ4v) is 5.40. The molecule has 0 bridgehead atoms. The zero-order chi connectivity index (χ0) is 28.1. The quantitative estimate of drug-likeness (QED) is 0.0539. The smallest absolute Gasteiger partial charge is 0.366 e. The summed E-state index contributed by atoms with van der Waals surface area (Å²) < 4.78 is 48.1. The molecular weight excluding hydrogens is 932 g/mol. The fraction of sp³-hybridized carbons (Fsp3) is 0.0968. The van der Waals surface area contributed by atoms with Crippen LogP contribution in [0.2, 0.25) is 0 Å². The minimum Gasteiger partial charge on any atom is -0.366 e. The standard InChI is InChI=1S/2C15H10N.CH2F4P2.2Au/c2*1-3-11-8-9-15-13(10-11)12-6-4-5-7-14(12)16(15)2;2-6(3)1-7(4)5;;/h2*4-10H,2H3;1H2;;/q2*-1;;2*+1/p+2. The molecule has 2 aromatic heterocycles. The van der Waals surface area contributed by atoms with Gasteiger partial charge >= 0.3 is 61.8 Å². The van der Waals surface area contributed by atoms with Crippen LogP contribution in [-0.2, 0) is 58.9 Å². The van der Waals surface area contributed by atoms with E-state index in [0.29, 0.717) is 0 Å². The summed E-state index contributed by atoms with van der Waals surface area (Å²) in [5.41, 5.74) is 6.48. The van der Waals surface area contributed by atoms with E-state index in [2.05, 4.69) is 59.3 Å². The van der Waals surface area contributed by atoms with Gasteiger partial charge in [0.25, 0.3) is 5.90 Å². The summed E-state index contributed by atoms with van der Waals surface area (Å²) in [5, 5.41) is 4.85. The first-order valence-electron chi connectivity index (χ1n) is 11.9. The predicted molar refractivity (Wildman–Crippen MR) is 159 cm³/mol. The summed E-state index contributed by atoms with van der Waals surface area (Å²) in [6.07, 6.45) is 14.4. The first-order chi connectivity index (χ1) is 18.7. The third-order valence-corrected chi connectivity index (χ3v) is 8.52. The summed E-state index contributed by atoms with van der Waals surface area (Å²) in [4.78, 5) is 0. The number of nitrogens with zero attached hydrogens (tertiary/aromatic N) is 2. The van der Waals surface area contributed by atoms with E-state index in [9.17, 15) is 16.8 Å². The average Bonchev–Trinajstić information content (AvgIpc) is 3.39. The van der Waals surface area contributed by atoms with Crippen LogP contribution >= 0.6 is 17.1 Å². The van der Waals surface area contributed by atoms with E-state index in [1.54, 1.807) is 0 Å². The van der Waals surface area contributed by atoms with Gasteiger partial charge in [0.15, 0.2) is 0 Å². The molecule has 0 aliphatic rings. The molecule has 2 nitrogen and oxygen atoms in total. The molecule has 0 N–H and O–H groups in total. The Kier molecular flexibility index (Phi) is 13.4. The van der Waals surface area contributed by atoms with Gasteiger partial charge in [-0.05, 0) is 39.7 Å². The summed E-state index contributed by atoms with van der Waals surface area (Å²) in [5.74, 6) is 3.77. The van der Waals surface area contributed by atoms with Crippen molar-refractivity contribution in [2.45, 2.75) is 0 Å². The van der Waals surface area contributed by atoms with Gasteiger partial charge in [0, 0.05) is 46.9 Å². The van der Waals surface area contributed by atoms with Gasteiger partial charge in [-0.1, -0.05) is 48.5 Å². The monoisotopic (exact) mass is 956 g/mol. The molecule has 0 atom stereocenters. The number of hydrogen-bond acceptors (Lipinski definition) is 0. The molecule has 216 valence electrons. The molecule has 41 heavy (non-hydrogen) atoms. The molecule has 0 aliphatic heterocycles. The molecule has 4 aromatic carbocycles. The molecule has 0 radical (unpaired) electrons. The van der Waals surface area contributed by atoms with Gasteiger partial charge in [0.2, 0.25) is 0 Å². The topological polar surface area (TPSA) is 9.86 Å². The van der Waals surface area contributed by atoms with Crippen LogP contribution in [0, 0.1) is 24.7 Å². The summed E-state index contributed by atoms with van der Waals surface area (Å²) in [6, 6.07) is 28.6. The molecule has 0 fully saturated rings. The zero-order valence-electron chi connectivity index (χ0n) is 21.8. The Hall–Kier alpha value is -2.34. The largest absolute Gasteiger partial charge is 1.00 e. The summed E-state index contributed by atoms with van der Waals surface area (Å²) in [7, 11) is -3.14. The molecule has 0 saturated heterocycles. The first kappa shape index (κ1) is 34.9. The average molecular weight is 956 g/mol. The number of hydrogen-bond donors (Lipinski definition) is 0. The van der Waals surface area contributed by atoms with Crippen LogP contribution in [0.3, 0.4) is 0 Å². The van der Waals surface area contributed by atoms with Crippen LogP contribution < -0.4 is 0 Å². The van der Waals surface area contributed by atoms with Gasteiger partial charge in [-0.15, -0.1) is 35.4 Å². The Balaban J connectivity index is 0.000000226. The van der Waals surface area contributed by atoms with Crippen molar-refractivity contribution < 1.29 is 61.5 Å². The zero-order valence-corrected chi connectivity index (χ0v) is 28.1. The molecule has 6 rings (SSSR count). The number of benzene rings is 4. The molecule has 6 aromatic rings. The van der Waals surface area contributed by atoms with Crippen LogP contribution in [-0.4, -0.2) is 15.0 Å². The van der Waals surface area contributed by atoms with Crippen LogP contribution in [0.15, 0.2) is 84.9 Å². The predicted octanol–water partition coefficient (Wildman–Crippen LogP) is 9.44. The molecule has 10 heteroatoms. The van der Waals surface area contributed by atoms with E-state index in [1.807, 2.05) is 60.7 Å². The van der Waals surface area contributed by atoms with Crippen molar-refractivity contribution >= 4 is 60.7 Å². The molecule has 2 heterocycles. The van der Waals surface area contributed by atoms with Crippen molar-refractivity contribution in [3.63, 3.8) is 0 Å². The van der Waals surface area contributed by atoms with Crippen molar-refractivity contribution in [3.05, 3.63) is 109 Å². The minimum absolute atomic E-state index is 0. The van der Waals surface area contributed by atoms with Crippen molar-refractivity contribution in [2.24, 2.45) is 14.1 Å².